The SMILES string of the molecule is O=C1N[C@@H]2C[C@@H](NC(=O)c3ccc(F)cc3C(F)F)[C@@H](C2)O1. The summed E-state index contributed by atoms with van der Waals surface area (Å²) in [7, 11) is 0. The molecule has 2 bridgehead atoms. The van der Waals surface area contributed by atoms with Crippen LogP contribution in [-0.2, 0) is 4.74 Å². The van der Waals surface area contributed by atoms with Gasteiger partial charge in [-0.3, -0.25) is 4.79 Å². The first-order valence-electron chi connectivity index (χ1n) is 6.79. The molecule has 0 spiro atoms. The average Bonchev–Trinajstić information content (AvgIpc) is 2.72. The van der Waals surface area contributed by atoms with E-state index in [9.17, 15) is 22.8 Å². The lowest BCUT2D eigenvalue weighted by atomic mass is 10.1. The number of rotatable bonds is 3. The molecule has 5 nitrogen and oxygen atoms in total. The minimum atomic E-state index is -2.96. The number of halogens is 3. The third-order valence-electron chi connectivity index (χ3n) is 3.89. The van der Waals surface area contributed by atoms with E-state index in [1.807, 2.05) is 0 Å². The summed E-state index contributed by atoms with van der Waals surface area (Å²) < 4.78 is 44.0. The Bertz CT molecular complexity index is 623. The smallest absolute Gasteiger partial charge is 0.407 e. The zero-order valence-corrected chi connectivity index (χ0v) is 11.3. The molecule has 1 aliphatic carbocycles. The zero-order chi connectivity index (χ0) is 15.9. The van der Waals surface area contributed by atoms with Crippen molar-refractivity contribution < 1.29 is 27.5 Å². The molecule has 1 aromatic carbocycles. The second-order valence-electron chi connectivity index (χ2n) is 5.37. The summed E-state index contributed by atoms with van der Waals surface area (Å²) in [5.74, 6) is -1.56. The van der Waals surface area contributed by atoms with Crippen LogP contribution in [0.5, 0.6) is 0 Å². The van der Waals surface area contributed by atoms with Crippen molar-refractivity contribution in [1.82, 2.24) is 10.6 Å². The molecule has 1 aromatic rings. The number of carbonyl (C=O) groups excluding carboxylic acids is 2. The van der Waals surface area contributed by atoms with Crippen LogP contribution in [0.2, 0.25) is 0 Å². The molecule has 0 aromatic heterocycles. The molecule has 2 fully saturated rings. The Kier molecular flexibility index (Phi) is 3.67. The molecule has 1 saturated carbocycles. The van der Waals surface area contributed by atoms with Crippen LogP contribution in [-0.4, -0.2) is 30.2 Å². The molecule has 1 saturated heterocycles. The monoisotopic (exact) mass is 314 g/mol. The number of ether oxygens (including phenoxy) is 1. The summed E-state index contributed by atoms with van der Waals surface area (Å²) in [4.78, 5) is 23.4. The van der Waals surface area contributed by atoms with Crippen molar-refractivity contribution in [2.75, 3.05) is 0 Å². The van der Waals surface area contributed by atoms with E-state index in [0.717, 1.165) is 12.1 Å². The molecule has 3 rings (SSSR count). The van der Waals surface area contributed by atoms with Crippen molar-refractivity contribution in [2.45, 2.75) is 37.5 Å². The van der Waals surface area contributed by atoms with E-state index in [-0.39, 0.29) is 11.6 Å². The number of fused-ring (bicyclic) bond motifs is 2. The summed E-state index contributed by atoms with van der Waals surface area (Å²) in [6.45, 7) is 0. The summed E-state index contributed by atoms with van der Waals surface area (Å²) in [6, 6.07) is 2.08. The fourth-order valence-electron chi connectivity index (χ4n) is 2.90. The highest BCUT2D eigenvalue weighted by Gasteiger charge is 2.42. The van der Waals surface area contributed by atoms with Crippen LogP contribution >= 0.6 is 0 Å². The normalized spacial score (nSPS) is 26.5. The van der Waals surface area contributed by atoms with Crippen molar-refractivity contribution in [3.8, 4) is 0 Å². The van der Waals surface area contributed by atoms with Crippen LogP contribution in [0, 0.1) is 5.82 Å². The summed E-state index contributed by atoms with van der Waals surface area (Å²) in [6.07, 6.45) is -2.96. The van der Waals surface area contributed by atoms with Crippen LogP contribution in [0.15, 0.2) is 18.2 Å². The largest absolute Gasteiger partial charge is 0.444 e. The maximum Gasteiger partial charge on any atom is 0.407 e. The molecule has 1 heterocycles. The lowest BCUT2D eigenvalue weighted by Gasteiger charge is -2.23. The topological polar surface area (TPSA) is 67.4 Å². The zero-order valence-electron chi connectivity index (χ0n) is 11.3. The van der Waals surface area contributed by atoms with E-state index >= 15 is 0 Å². The Balaban J connectivity index is 1.77. The van der Waals surface area contributed by atoms with Crippen LogP contribution in [0.3, 0.4) is 0 Å². The van der Waals surface area contributed by atoms with Gasteiger partial charge in [-0.15, -0.1) is 0 Å². The molecule has 0 radical (unpaired) electrons. The second kappa shape index (κ2) is 5.51. The van der Waals surface area contributed by atoms with E-state index < -0.39 is 42.0 Å². The maximum absolute atomic E-state index is 13.1. The molecular formula is C14H13F3N2O3. The molecule has 22 heavy (non-hydrogen) atoms. The van der Waals surface area contributed by atoms with Gasteiger partial charge in [-0.25, -0.2) is 18.0 Å². The van der Waals surface area contributed by atoms with E-state index in [0.29, 0.717) is 18.9 Å². The Morgan fingerprint density at radius 2 is 2.14 bits per heavy atom. The molecule has 2 N–H and O–H groups in total. The molecule has 0 unspecified atom stereocenters. The maximum atomic E-state index is 13.1. The van der Waals surface area contributed by atoms with E-state index in [1.54, 1.807) is 0 Å². The van der Waals surface area contributed by atoms with Crippen LogP contribution < -0.4 is 10.6 Å². The van der Waals surface area contributed by atoms with Gasteiger partial charge >= 0.3 is 6.09 Å². The van der Waals surface area contributed by atoms with Crippen molar-refractivity contribution in [2.24, 2.45) is 0 Å². The lowest BCUT2D eigenvalue weighted by molar-refractivity contribution is 0.0657. The highest BCUT2D eigenvalue weighted by Crippen LogP contribution is 2.28. The Hall–Kier alpha value is -2.25. The van der Waals surface area contributed by atoms with Gasteiger partial charge in [0, 0.05) is 23.6 Å². The summed E-state index contributed by atoms with van der Waals surface area (Å²) in [5, 5.41) is 5.20. The number of alkyl halides is 2. The summed E-state index contributed by atoms with van der Waals surface area (Å²) in [5.41, 5.74) is -0.939. The van der Waals surface area contributed by atoms with Gasteiger partial charge in [-0.05, 0) is 24.6 Å². The highest BCUT2D eigenvalue weighted by atomic mass is 19.3. The Labute approximate surface area is 123 Å². The lowest BCUT2D eigenvalue weighted by Crippen LogP contribution is -2.44. The van der Waals surface area contributed by atoms with Gasteiger partial charge in [0.15, 0.2) is 0 Å². The van der Waals surface area contributed by atoms with Crippen molar-refractivity contribution in [3.63, 3.8) is 0 Å². The molecule has 8 heteroatoms. The minimum Gasteiger partial charge on any atom is -0.444 e. The Morgan fingerprint density at radius 1 is 1.36 bits per heavy atom. The number of carbonyl (C=O) groups is 2. The first kappa shape index (κ1) is 14.7. The van der Waals surface area contributed by atoms with Gasteiger partial charge in [0.2, 0.25) is 0 Å². The van der Waals surface area contributed by atoms with Crippen molar-refractivity contribution in [3.05, 3.63) is 35.1 Å². The van der Waals surface area contributed by atoms with Crippen LogP contribution in [0.4, 0.5) is 18.0 Å². The fourth-order valence-corrected chi connectivity index (χ4v) is 2.90. The van der Waals surface area contributed by atoms with Crippen molar-refractivity contribution >= 4 is 12.0 Å². The number of nitrogens with one attached hydrogen (secondary N) is 2. The van der Waals surface area contributed by atoms with Crippen LogP contribution in [0.25, 0.3) is 0 Å². The van der Waals surface area contributed by atoms with Gasteiger partial charge in [0.05, 0.1) is 6.04 Å². The molecule has 3 atom stereocenters. The number of benzene rings is 1. The van der Waals surface area contributed by atoms with Gasteiger partial charge in [0.1, 0.15) is 11.9 Å². The fraction of sp³-hybridized carbons (Fsp3) is 0.429. The standard InChI is InChI=1S/C14H13F3N2O3/c15-6-1-2-8(9(3-6)12(16)17)13(20)19-10-4-7-5-11(10)22-14(21)18-7/h1-3,7,10-12H,4-5H2,(H,18,21)(H,19,20)/t7-,10-,11-/m1/s1. The first-order valence-corrected chi connectivity index (χ1v) is 6.79. The predicted octanol–water partition coefficient (Wildman–Crippen LogP) is 2.13. The molecule has 1 aliphatic heterocycles. The summed E-state index contributed by atoms with van der Waals surface area (Å²) >= 11 is 0. The average molecular weight is 314 g/mol. The van der Waals surface area contributed by atoms with Crippen molar-refractivity contribution in [1.29, 1.82) is 0 Å². The predicted molar refractivity (Wildman–Crippen MR) is 69.0 cm³/mol. The second-order valence-corrected chi connectivity index (χ2v) is 5.37. The number of amides is 2. The van der Waals surface area contributed by atoms with Gasteiger partial charge < -0.3 is 15.4 Å². The molecule has 2 aliphatic rings. The van der Waals surface area contributed by atoms with Gasteiger partial charge in [0.25, 0.3) is 12.3 Å². The van der Waals surface area contributed by atoms with Gasteiger partial charge in [-0.1, -0.05) is 0 Å². The first-order chi connectivity index (χ1) is 10.4. The van der Waals surface area contributed by atoms with E-state index in [1.165, 1.54) is 0 Å². The number of hydrogen-bond acceptors (Lipinski definition) is 3. The third kappa shape index (κ3) is 2.72. The number of hydrogen-bond donors (Lipinski definition) is 2. The highest BCUT2D eigenvalue weighted by molar-refractivity contribution is 5.96. The third-order valence-corrected chi connectivity index (χ3v) is 3.89. The molecular weight excluding hydrogens is 301 g/mol. The molecule has 118 valence electrons. The molecule has 2 amide bonds. The quantitative estimate of drug-likeness (QED) is 0.898. The van der Waals surface area contributed by atoms with E-state index in [2.05, 4.69) is 10.6 Å². The van der Waals surface area contributed by atoms with E-state index in [4.69, 9.17) is 4.74 Å². The van der Waals surface area contributed by atoms with Crippen LogP contribution in [0.1, 0.15) is 35.2 Å². The Morgan fingerprint density at radius 3 is 2.86 bits per heavy atom. The minimum absolute atomic E-state index is 0.0978. The van der Waals surface area contributed by atoms with Gasteiger partial charge in [-0.2, -0.15) is 0 Å². The number of alkyl carbamates (subject to hydrolysis) is 1.